The van der Waals surface area contributed by atoms with E-state index in [0.29, 0.717) is 19.6 Å². The van der Waals surface area contributed by atoms with Crippen molar-refractivity contribution < 1.29 is 13.2 Å². The van der Waals surface area contributed by atoms with E-state index in [0.717, 1.165) is 38.6 Å². The lowest BCUT2D eigenvalue weighted by atomic mass is 10.1. The maximum Gasteiger partial charge on any atom is 0.401 e. The zero-order chi connectivity index (χ0) is 21.6. The zero-order valence-corrected chi connectivity index (χ0v) is 20.6. The Labute approximate surface area is 200 Å². The van der Waals surface area contributed by atoms with E-state index >= 15 is 0 Å². The van der Waals surface area contributed by atoms with Crippen LogP contribution >= 0.6 is 24.0 Å². The number of nitrogens with one attached hydrogen (secondary N) is 1. The molecule has 1 aromatic rings. The maximum atomic E-state index is 12.7. The molecular formula is C22H33F3IN5. The van der Waals surface area contributed by atoms with Crippen molar-refractivity contribution in [2.24, 2.45) is 10.9 Å². The highest BCUT2D eigenvalue weighted by Gasteiger charge is 2.33. The Morgan fingerprint density at radius 1 is 1.26 bits per heavy atom. The molecular weight excluding hydrogens is 518 g/mol. The molecule has 1 fully saturated rings. The van der Waals surface area contributed by atoms with E-state index in [-0.39, 0.29) is 29.9 Å². The van der Waals surface area contributed by atoms with Crippen molar-refractivity contribution in [3.8, 4) is 0 Å². The first kappa shape index (κ1) is 25.8. The van der Waals surface area contributed by atoms with Gasteiger partial charge in [0.1, 0.15) is 0 Å². The molecule has 1 N–H and O–H groups in total. The average Bonchev–Trinajstić information content (AvgIpc) is 3.40. The summed E-state index contributed by atoms with van der Waals surface area (Å²) in [7, 11) is 1.75. The second kappa shape index (κ2) is 11.9. The molecule has 0 spiro atoms. The number of halogens is 4. The van der Waals surface area contributed by atoms with Crippen molar-refractivity contribution >= 4 is 35.6 Å². The molecule has 0 aliphatic carbocycles. The Morgan fingerprint density at radius 2 is 2.00 bits per heavy atom. The molecule has 174 valence electrons. The van der Waals surface area contributed by atoms with Gasteiger partial charge in [0.25, 0.3) is 0 Å². The van der Waals surface area contributed by atoms with Gasteiger partial charge in [0.2, 0.25) is 0 Å². The van der Waals surface area contributed by atoms with Crippen molar-refractivity contribution in [3.63, 3.8) is 0 Å². The van der Waals surface area contributed by atoms with E-state index in [1.807, 2.05) is 0 Å². The molecule has 1 aromatic carbocycles. The summed E-state index contributed by atoms with van der Waals surface area (Å²) in [5.74, 6) is 1.03. The highest BCUT2D eigenvalue weighted by atomic mass is 127. The Morgan fingerprint density at radius 3 is 2.65 bits per heavy atom. The van der Waals surface area contributed by atoms with Gasteiger partial charge in [-0.25, -0.2) is 0 Å². The first-order valence-electron chi connectivity index (χ1n) is 10.6. The minimum atomic E-state index is -4.15. The highest BCUT2D eigenvalue weighted by molar-refractivity contribution is 14.0. The molecule has 0 bridgehead atoms. The topological polar surface area (TPSA) is 34.1 Å². The summed E-state index contributed by atoms with van der Waals surface area (Å²) in [6, 6.07) is 8.47. The van der Waals surface area contributed by atoms with Crippen LogP contribution in [0.3, 0.4) is 0 Å². The smallest absolute Gasteiger partial charge is 0.364 e. The number of benzene rings is 1. The van der Waals surface area contributed by atoms with Crippen LogP contribution in [0.5, 0.6) is 0 Å². The van der Waals surface area contributed by atoms with Crippen molar-refractivity contribution in [2.75, 3.05) is 57.8 Å². The quantitative estimate of drug-likeness (QED) is 0.241. The Hall–Kier alpha value is -1.49. The third-order valence-electron chi connectivity index (χ3n) is 5.71. The van der Waals surface area contributed by atoms with Gasteiger partial charge in [0.15, 0.2) is 5.96 Å². The van der Waals surface area contributed by atoms with Gasteiger partial charge in [-0.05, 0) is 36.6 Å². The normalized spacial score (nSPS) is 19.3. The fourth-order valence-electron chi connectivity index (χ4n) is 4.16. The second-order valence-corrected chi connectivity index (χ2v) is 7.99. The monoisotopic (exact) mass is 551 g/mol. The Balaban J connectivity index is 0.00000341. The highest BCUT2D eigenvalue weighted by Crippen LogP contribution is 2.22. The van der Waals surface area contributed by atoms with Gasteiger partial charge in [0, 0.05) is 52.0 Å². The van der Waals surface area contributed by atoms with E-state index in [1.54, 1.807) is 14.0 Å². The van der Waals surface area contributed by atoms with E-state index in [2.05, 4.69) is 56.5 Å². The van der Waals surface area contributed by atoms with Crippen LogP contribution in [0.2, 0.25) is 0 Å². The lowest BCUT2D eigenvalue weighted by molar-refractivity contribution is -0.146. The van der Waals surface area contributed by atoms with Crippen LogP contribution in [0.1, 0.15) is 18.9 Å². The first-order chi connectivity index (χ1) is 14.4. The molecule has 2 aliphatic heterocycles. The number of likely N-dealkylation sites (tertiary alicyclic amines) is 1. The Kier molecular flexibility index (Phi) is 9.92. The van der Waals surface area contributed by atoms with E-state index in [9.17, 15) is 13.2 Å². The standard InChI is InChI=1S/C22H32F3N5.HI/c1-3-28(17-22(23,24)25)15-19-9-12-30(16-19)21(26-2)27-14-18-7-6-8-20(13-18)29-10-4-5-11-29;/h4-8,13,19H,3,9-12,14-17H2,1-2H3,(H,26,27);1H. The van der Waals surface area contributed by atoms with Crippen LogP contribution in [0.25, 0.3) is 0 Å². The lowest BCUT2D eigenvalue weighted by Crippen LogP contribution is -2.41. The molecule has 2 heterocycles. The lowest BCUT2D eigenvalue weighted by Gasteiger charge is -2.26. The summed E-state index contributed by atoms with van der Waals surface area (Å²) < 4.78 is 38.2. The molecule has 3 rings (SSSR count). The number of hydrogen-bond donors (Lipinski definition) is 1. The van der Waals surface area contributed by atoms with Gasteiger partial charge < -0.3 is 15.1 Å². The van der Waals surface area contributed by atoms with E-state index in [4.69, 9.17) is 0 Å². The molecule has 9 heteroatoms. The number of anilines is 1. The zero-order valence-electron chi connectivity index (χ0n) is 18.2. The van der Waals surface area contributed by atoms with Crippen LogP contribution in [0.4, 0.5) is 18.9 Å². The fourth-order valence-corrected chi connectivity index (χ4v) is 4.16. The van der Waals surface area contributed by atoms with Crippen LogP contribution in [0.15, 0.2) is 41.4 Å². The molecule has 2 aliphatic rings. The van der Waals surface area contributed by atoms with Crippen molar-refractivity contribution in [1.29, 1.82) is 0 Å². The molecule has 5 nitrogen and oxygen atoms in total. The number of nitrogens with zero attached hydrogens (tertiary/aromatic N) is 4. The van der Waals surface area contributed by atoms with Gasteiger partial charge in [-0.3, -0.25) is 9.89 Å². The molecule has 0 aromatic heterocycles. The van der Waals surface area contributed by atoms with Crippen molar-refractivity contribution in [2.45, 2.75) is 26.1 Å². The average molecular weight is 551 g/mol. The molecule has 1 saturated heterocycles. The van der Waals surface area contributed by atoms with Crippen LogP contribution in [0, 0.1) is 5.92 Å². The van der Waals surface area contributed by atoms with Gasteiger partial charge >= 0.3 is 6.18 Å². The summed E-state index contributed by atoms with van der Waals surface area (Å²) in [6.45, 7) is 5.91. The van der Waals surface area contributed by atoms with Crippen molar-refractivity contribution in [3.05, 3.63) is 42.0 Å². The third-order valence-corrected chi connectivity index (χ3v) is 5.71. The van der Waals surface area contributed by atoms with Gasteiger partial charge in [-0.2, -0.15) is 13.2 Å². The predicted octanol–water partition coefficient (Wildman–Crippen LogP) is 3.96. The van der Waals surface area contributed by atoms with E-state index in [1.165, 1.54) is 16.2 Å². The molecule has 31 heavy (non-hydrogen) atoms. The fraction of sp³-hybridized carbons (Fsp3) is 0.591. The second-order valence-electron chi connectivity index (χ2n) is 7.99. The number of hydrogen-bond acceptors (Lipinski definition) is 3. The number of rotatable bonds is 7. The largest absolute Gasteiger partial charge is 0.401 e. The minimum absolute atomic E-state index is 0. The molecule has 0 radical (unpaired) electrons. The molecule has 1 unspecified atom stereocenters. The maximum absolute atomic E-state index is 12.7. The predicted molar refractivity (Wildman–Crippen MR) is 131 cm³/mol. The molecule has 0 saturated carbocycles. The van der Waals surface area contributed by atoms with Gasteiger partial charge in [-0.15, -0.1) is 24.0 Å². The van der Waals surface area contributed by atoms with Crippen LogP contribution in [-0.4, -0.2) is 74.8 Å². The Bertz CT molecular complexity index is 745. The first-order valence-corrected chi connectivity index (χ1v) is 10.6. The number of alkyl halides is 3. The van der Waals surface area contributed by atoms with E-state index < -0.39 is 12.7 Å². The third kappa shape index (κ3) is 7.85. The van der Waals surface area contributed by atoms with Crippen LogP contribution < -0.4 is 10.2 Å². The number of aliphatic imine (C=N–C) groups is 1. The summed E-state index contributed by atoms with van der Waals surface area (Å²) in [6.07, 6.45) is 1.08. The number of guanidine groups is 1. The summed E-state index contributed by atoms with van der Waals surface area (Å²) in [4.78, 5) is 10.3. The summed E-state index contributed by atoms with van der Waals surface area (Å²) in [5, 5.41) is 3.42. The minimum Gasteiger partial charge on any atom is -0.364 e. The molecule has 1 atom stereocenters. The van der Waals surface area contributed by atoms with Gasteiger partial charge in [0.05, 0.1) is 6.54 Å². The van der Waals surface area contributed by atoms with Crippen molar-refractivity contribution in [1.82, 2.24) is 15.1 Å². The van der Waals surface area contributed by atoms with Crippen LogP contribution in [-0.2, 0) is 6.54 Å². The summed E-state index contributed by atoms with van der Waals surface area (Å²) >= 11 is 0. The van der Waals surface area contributed by atoms with Gasteiger partial charge in [-0.1, -0.05) is 31.2 Å². The summed E-state index contributed by atoms with van der Waals surface area (Å²) in [5.41, 5.74) is 2.39. The molecule has 0 amide bonds. The SMILES string of the molecule is CCN(CC1CCN(C(=NC)NCc2cccc(N3CC=CC3)c2)C1)CC(F)(F)F.I.